The van der Waals surface area contributed by atoms with Crippen LogP contribution in [0.5, 0.6) is 17.2 Å². The molecule has 0 saturated carbocycles. The molecule has 0 atom stereocenters. The molecular formula is C21H27NO4. The average Bonchev–Trinajstić information content (AvgIpc) is 2.60. The van der Waals surface area contributed by atoms with E-state index in [-0.39, 0.29) is 23.5 Å². The predicted molar refractivity (Wildman–Crippen MR) is 103 cm³/mol. The third-order valence-electron chi connectivity index (χ3n) is 4.19. The van der Waals surface area contributed by atoms with Crippen LogP contribution in [0.25, 0.3) is 0 Å². The summed E-state index contributed by atoms with van der Waals surface area (Å²) < 4.78 is 10.5. The van der Waals surface area contributed by atoms with Gasteiger partial charge in [0.15, 0.2) is 0 Å². The number of hydrogen-bond donors (Lipinski definition) is 2. The van der Waals surface area contributed by atoms with Crippen molar-refractivity contribution in [1.29, 1.82) is 0 Å². The van der Waals surface area contributed by atoms with Gasteiger partial charge in [0, 0.05) is 12.5 Å². The number of nitrogens with one attached hydrogen (secondary N) is 1. The van der Waals surface area contributed by atoms with Crippen molar-refractivity contribution >= 4 is 11.6 Å². The van der Waals surface area contributed by atoms with Gasteiger partial charge in [-0.2, -0.15) is 0 Å². The first-order valence-electron chi connectivity index (χ1n) is 8.58. The number of rotatable bonds is 6. The second-order valence-electron chi connectivity index (χ2n) is 7.25. The predicted octanol–water partition coefficient (Wildman–Crippen LogP) is 4.28. The number of carbonyl (C=O) groups excluding carboxylic acids is 1. The number of phenolic OH excluding ortho intramolecular Hbond substituents is 1. The molecule has 0 heterocycles. The van der Waals surface area contributed by atoms with Crippen molar-refractivity contribution in [2.75, 3.05) is 19.5 Å². The maximum Gasteiger partial charge on any atom is 0.224 e. The SMILES string of the molecule is COc1cc(CCC(=O)Nc2cc(C(C)(C)C)ccc2O)cc(OC)c1. The quantitative estimate of drug-likeness (QED) is 0.757. The maximum atomic E-state index is 12.3. The summed E-state index contributed by atoms with van der Waals surface area (Å²) in [6.45, 7) is 6.25. The normalized spacial score (nSPS) is 11.1. The van der Waals surface area contributed by atoms with Gasteiger partial charge < -0.3 is 19.9 Å². The number of anilines is 1. The molecule has 2 aromatic carbocycles. The molecule has 5 nitrogen and oxygen atoms in total. The number of aromatic hydroxyl groups is 1. The van der Waals surface area contributed by atoms with Crippen molar-refractivity contribution in [2.24, 2.45) is 0 Å². The largest absolute Gasteiger partial charge is 0.506 e. The maximum absolute atomic E-state index is 12.3. The highest BCUT2D eigenvalue weighted by Gasteiger charge is 2.16. The average molecular weight is 357 g/mol. The molecule has 2 aromatic rings. The van der Waals surface area contributed by atoms with E-state index in [2.05, 4.69) is 26.1 Å². The number of carbonyl (C=O) groups is 1. The molecule has 26 heavy (non-hydrogen) atoms. The van der Waals surface area contributed by atoms with Crippen molar-refractivity contribution in [3.05, 3.63) is 47.5 Å². The van der Waals surface area contributed by atoms with Gasteiger partial charge in [-0.1, -0.05) is 26.8 Å². The van der Waals surface area contributed by atoms with E-state index in [9.17, 15) is 9.90 Å². The van der Waals surface area contributed by atoms with Crippen LogP contribution >= 0.6 is 0 Å². The lowest BCUT2D eigenvalue weighted by Gasteiger charge is -2.20. The van der Waals surface area contributed by atoms with Crippen molar-refractivity contribution in [1.82, 2.24) is 0 Å². The number of hydrogen-bond acceptors (Lipinski definition) is 4. The van der Waals surface area contributed by atoms with Gasteiger partial charge in [-0.3, -0.25) is 4.79 Å². The standard InChI is InChI=1S/C21H27NO4/c1-21(2,3)15-7-8-19(23)18(12-15)22-20(24)9-6-14-10-16(25-4)13-17(11-14)26-5/h7-8,10-13,23H,6,9H2,1-5H3,(H,22,24). The van der Waals surface area contributed by atoms with Gasteiger partial charge in [-0.05, 0) is 47.2 Å². The summed E-state index contributed by atoms with van der Waals surface area (Å²) in [4.78, 5) is 12.3. The van der Waals surface area contributed by atoms with Gasteiger partial charge in [-0.15, -0.1) is 0 Å². The molecule has 0 bridgehead atoms. The second kappa shape index (κ2) is 8.13. The number of amides is 1. The first-order chi connectivity index (χ1) is 12.2. The molecule has 0 radical (unpaired) electrons. The fraction of sp³-hybridized carbons (Fsp3) is 0.381. The molecule has 2 N–H and O–H groups in total. The molecular weight excluding hydrogens is 330 g/mol. The minimum absolute atomic E-state index is 0.0643. The van der Waals surface area contributed by atoms with Crippen LogP contribution in [-0.4, -0.2) is 25.2 Å². The summed E-state index contributed by atoms with van der Waals surface area (Å²) in [5, 5.41) is 12.8. The fourth-order valence-electron chi connectivity index (χ4n) is 2.58. The molecule has 0 aliphatic carbocycles. The first kappa shape index (κ1) is 19.6. The Hall–Kier alpha value is -2.69. The zero-order chi connectivity index (χ0) is 19.3. The molecule has 0 aliphatic heterocycles. The molecule has 1 amide bonds. The fourth-order valence-corrected chi connectivity index (χ4v) is 2.58. The van der Waals surface area contributed by atoms with E-state index in [4.69, 9.17) is 9.47 Å². The first-order valence-corrected chi connectivity index (χ1v) is 8.58. The lowest BCUT2D eigenvalue weighted by molar-refractivity contribution is -0.116. The summed E-state index contributed by atoms with van der Waals surface area (Å²) in [5.74, 6) is 1.29. The van der Waals surface area contributed by atoms with Gasteiger partial charge in [-0.25, -0.2) is 0 Å². The molecule has 2 rings (SSSR count). The van der Waals surface area contributed by atoms with Crippen LogP contribution < -0.4 is 14.8 Å². The molecule has 0 unspecified atom stereocenters. The van der Waals surface area contributed by atoms with Crippen LogP contribution in [0.2, 0.25) is 0 Å². The molecule has 0 aromatic heterocycles. The third-order valence-corrected chi connectivity index (χ3v) is 4.19. The van der Waals surface area contributed by atoms with Crippen LogP contribution in [0.1, 0.15) is 38.3 Å². The molecule has 0 aliphatic rings. The van der Waals surface area contributed by atoms with Crippen LogP contribution in [0.3, 0.4) is 0 Å². The smallest absolute Gasteiger partial charge is 0.224 e. The van der Waals surface area contributed by atoms with Crippen LogP contribution in [-0.2, 0) is 16.6 Å². The summed E-state index contributed by atoms with van der Waals surface area (Å²) in [6.07, 6.45) is 0.828. The van der Waals surface area contributed by atoms with Crippen LogP contribution in [0.4, 0.5) is 5.69 Å². The molecule has 5 heteroatoms. The van der Waals surface area contributed by atoms with Crippen LogP contribution in [0, 0.1) is 0 Å². The molecule has 0 spiro atoms. The van der Waals surface area contributed by atoms with Gasteiger partial charge in [0.2, 0.25) is 5.91 Å². The van der Waals surface area contributed by atoms with Gasteiger partial charge in [0.25, 0.3) is 0 Å². The van der Waals surface area contributed by atoms with E-state index in [1.54, 1.807) is 26.4 Å². The van der Waals surface area contributed by atoms with E-state index >= 15 is 0 Å². The summed E-state index contributed by atoms with van der Waals surface area (Å²) in [6, 6.07) is 10.9. The summed E-state index contributed by atoms with van der Waals surface area (Å²) in [5.41, 5.74) is 2.36. The van der Waals surface area contributed by atoms with Crippen LogP contribution in [0.15, 0.2) is 36.4 Å². The summed E-state index contributed by atoms with van der Waals surface area (Å²) >= 11 is 0. The topological polar surface area (TPSA) is 67.8 Å². The molecule has 0 saturated heterocycles. The van der Waals surface area contributed by atoms with Gasteiger partial charge in [0.05, 0.1) is 19.9 Å². The van der Waals surface area contributed by atoms with Crippen molar-refractivity contribution in [2.45, 2.75) is 39.0 Å². The molecule has 140 valence electrons. The Morgan fingerprint density at radius 1 is 1.04 bits per heavy atom. The highest BCUT2D eigenvalue weighted by atomic mass is 16.5. The Bertz CT molecular complexity index is 756. The third kappa shape index (κ3) is 5.15. The second-order valence-corrected chi connectivity index (χ2v) is 7.25. The number of benzene rings is 2. The zero-order valence-corrected chi connectivity index (χ0v) is 16.1. The number of ether oxygens (including phenoxy) is 2. The van der Waals surface area contributed by atoms with Crippen molar-refractivity contribution < 1.29 is 19.4 Å². The highest BCUT2D eigenvalue weighted by Crippen LogP contribution is 2.31. The minimum Gasteiger partial charge on any atom is -0.506 e. The van der Waals surface area contributed by atoms with E-state index in [1.165, 1.54) is 0 Å². The number of aryl methyl sites for hydroxylation is 1. The Labute approximate surface area is 155 Å². The Morgan fingerprint density at radius 3 is 2.19 bits per heavy atom. The van der Waals surface area contributed by atoms with E-state index in [1.807, 2.05) is 24.3 Å². The van der Waals surface area contributed by atoms with E-state index < -0.39 is 0 Å². The Morgan fingerprint density at radius 2 is 1.65 bits per heavy atom. The minimum atomic E-state index is -0.159. The lowest BCUT2D eigenvalue weighted by atomic mass is 9.87. The zero-order valence-electron chi connectivity index (χ0n) is 16.1. The monoisotopic (exact) mass is 357 g/mol. The number of phenols is 1. The highest BCUT2D eigenvalue weighted by molar-refractivity contribution is 5.92. The van der Waals surface area contributed by atoms with Crippen molar-refractivity contribution in [3.63, 3.8) is 0 Å². The Balaban J connectivity index is 2.06. The van der Waals surface area contributed by atoms with E-state index in [0.717, 1.165) is 11.1 Å². The van der Waals surface area contributed by atoms with E-state index in [0.29, 0.717) is 23.6 Å². The molecule has 0 fully saturated rings. The van der Waals surface area contributed by atoms with Gasteiger partial charge in [0.1, 0.15) is 17.2 Å². The lowest BCUT2D eigenvalue weighted by Crippen LogP contribution is -2.15. The summed E-state index contributed by atoms with van der Waals surface area (Å²) in [7, 11) is 3.19. The van der Waals surface area contributed by atoms with Gasteiger partial charge >= 0.3 is 0 Å². The Kier molecular flexibility index (Phi) is 6.14. The number of methoxy groups -OCH3 is 2. The van der Waals surface area contributed by atoms with Crippen molar-refractivity contribution in [3.8, 4) is 17.2 Å².